The monoisotopic (exact) mass is 187 g/mol. The van der Waals surface area contributed by atoms with E-state index >= 15 is 0 Å². The largest absolute Gasteiger partial charge is 0.467 e. The van der Waals surface area contributed by atoms with Crippen LogP contribution in [0, 0.1) is 0 Å². The van der Waals surface area contributed by atoms with Crippen LogP contribution in [0.1, 0.15) is 13.3 Å². The molecule has 0 aliphatic heterocycles. The fourth-order valence-corrected chi connectivity index (χ4v) is 0.828. The summed E-state index contributed by atoms with van der Waals surface area (Å²) in [6, 6.07) is 0. The molecule has 1 atom stereocenters. The second-order valence-corrected chi connectivity index (χ2v) is 3.02. The molecule has 76 valence electrons. The maximum absolute atomic E-state index is 11.0. The third kappa shape index (κ3) is 4.65. The number of hydrogen-bond donors (Lipinski definition) is 2. The van der Waals surface area contributed by atoms with E-state index in [2.05, 4.69) is 16.6 Å². The van der Waals surface area contributed by atoms with E-state index in [0.717, 1.165) is 6.42 Å². The van der Waals surface area contributed by atoms with Gasteiger partial charge >= 0.3 is 5.97 Å². The van der Waals surface area contributed by atoms with E-state index in [1.807, 2.05) is 0 Å². The lowest BCUT2D eigenvalue weighted by atomic mass is 10.1. The first-order valence-electron chi connectivity index (χ1n) is 4.17. The number of hydrogen-bond acceptors (Lipinski definition) is 4. The van der Waals surface area contributed by atoms with Gasteiger partial charge in [-0.3, -0.25) is 0 Å². The Kier molecular flexibility index (Phi) is 5.34. The van der Waals surface area contributed by atoms with Gasteiger partial charge in [-0.15, -0.1) is 6.58 Å². The number of ether oxygens (including phenoxy) is 1. The van der Waals surface area contributed by atoms with Gasteiger partial charge in [-0.25, -0.2) is 4.79 Å². The molecule has 1 unspecified atom stereocenters. The molecule has 0 aliphatic rings. The summed E-state index contributed by atoms with van der Waals surface area (Å²) in [7, 11) is 1.25. The minimum absolute atomic E-state index is 0.188. The number of nitrogens with one attached hydrogen (secondary N) is 1. The normalized spacial score (nSPS) is 14.7. The summed E-state index contributed by atoms with van der Waals surface area (Å²) < 4.78 is 4.42. The molecule has 0 amide bonds. The van der Waals surface area contributed by atoms with Crippen molar-refractivity contribution in [2.75, 3.05) is 20.2 Å². The van der Waals surface area contributed by atoms with Gasteiger partial charge in [0.1, 0.15) is 0 Å². The minimum atomic E-state index is -1.45. The molecule has 2 N–H and O–H groups in total. The fraction of sp³-hybridized carbons (Fsp3) is 0.667. The van der Waals surface area contributed by atoms with Crippen LogP contribution in [0.15, 0.2) is 12.7 Å². The minimum Gasteiger partial charge on any atom is -0.467 e. The van der Waals surface area contributed by atoms with Gasteiger partial charge in [0.05, 0.1) is 7.11 Å². The van der Waals surface area contributed by atoms with E-state index in [1.54, 1.807) is 6.08 Å². The van der Waals surface area contributed by atoms with E-state index < -0.39 is 11.6 Å². The third-order valence-corrected chi connectivity index (χ3v) is 1.62. The van der Waals surface area contributed by atoms with Gasteiger partial charge in [-0.2, -0.15) is 0 Å². The van der Waals surface area contributed by atoms with Crippen LogP contribution in [-0.2, 0) is 9.53 Å². The second kappa shape index (κ2) is 5.72. The van der Waals surface area contributed by atoms with E-state index in [-0.39, 0.29) is 6.54 Å². The van der Waals surface area contributed by atoms with Gasteiger partial charge in [0.15, 0.2) is 5.60 Å². The molecule has 0 bridgehead atoms. The van der Waals surface area contributed by atoms with Gasteiger partial charge in [-0.1, -0.05) is 6.08 Å². The Morgan fingerprint density at radius 3 is 2.85 bits per heavy atom. The molecule has 4 nitrogen and oxygen atoms in total. The Morgan fingerprint density at radius 2 is 2.38 bits per heavy atom. The number of carbonyl (C=O) groups is 1. The van der Waals surface area contributed by atoms with Crippen molar-refractivity contribution in [2.24, 2.45) is 0 Å². The molecule has 0 fully saturated rings. The number of aliphatic hydroxyl groups is 1. The predicted molar refractivity (Wildman–Crippen MR) is 50.3 cm³/mol. The Hall–Kier alpha value is -0.870. The quantitative estimate of drug-likeness (QED) is 0.351. The zero-order chi connectivity index (χ0) is 10.3. The molecule has 0 saturated heterocycles. The Bertz CT molecular complexity index is 178. The lowest BCUT2D eigenvalue weighted by molar-refractivity contribution is -0.159. The molecule has 0 heterocycles. The van der Waals surface area contributed by atoms with Crippen LogP contribution in [-0.4, -0.2) is 36.9 Å². The highest BCUT2D eigenvalue weighted by molar-refractivity contribution is 5.78. The molecule has 4 heteroatoms. The molecular formula is C9H17NO3. The van der Waals surface area contributed by atoms with Gasteiger partial charge in [0.25, 0.3) is 0 Å². The highest BCUT2D eigenvalue weighted by atomic mass is 16.5. The lowest BCUT2D eigenvalue weighted by Crippen LogP contribution is -2.45. The van der Waals surface area contributed by atoms with E-state index in [1.165, 1.54) is 14.0 Å². The van der Waals surface area contributed by atoms with Gasteiger partial charge < -0.3 is 15.2 Å². The van der Waals surface area contributed by atoms with Gasteiger partial charge in [-0.05, 0) is 19.9 Å². The molecule has 0 radical (unpaired) electrons. The van der Waals surface area contributed by atoms with Crippen LogP contribution in [0.2, 0.25) is 0 Å². The zero-order valence-electron chi connectivity index (χ0n) is 8.17. The Labute approximate surface area is 78.6 Å². The first-order valence-corrected chi connectivity index (χ1v) is 4.17. The standard InChI is InChI=1S/C9H17NO3/c1-4-5-6-10-7-9(2,12)8(11)13-3/h4,10,12H,1,5-7H2,2-3H3. The molecule has 0 spiro atoms. The maximum atomic E-state index is 11.0. The average Bonchev–Trinajstić information content (AvgIpc) is 2.11. The maximum Gasteiger partial charge on any atom is 0.338 e. The molecule has 0 saturated carbocycles. The summed E-state index contributed by atoms with van der Waals surface area (Å²) in [5.74, 6) is -0.626. The Morgan fingerprint density at radius 1 is 1.77 bits per heavy atom. The molecule has 0 aromatic carbocycles. The highest BCUT2D eigenvalue weighted by Gasteiger charge is 2.30. The van der Waals surface area contributed by atoms with Gasteiger partial charge in [0.2, 0.25) is 0 Å². The number of esters is 1. The van der Waals surface area contributed by atoms with Crippen molar-refractivity contribution in [1.29, 1.82) is 0 Å². The molecular weight excluding hydrogens is 170 g/mol. The van der Waals surface area contributed by atoms with Gasteiger partial charge in [0, 0.05) is 6.54 Å². The van der Waals surface area contributed by atoms with Crippen LogP contribution >= 0.6 is 0 Å². The van der Waals surface area contributed by atoms with Crippen molar-refractivity contribution in [1.82, 2.24) is 5.32 Å². The SMILES string of the molecule is C=CCCNCC(C)(O)C(=O)OC. The molecule has 0 aromatic heterocycles. The average molecular weight is 187 g/mol. The zero-order valence-corrected chi connectivity index (χ0v) is 8.17. The fourth-order valence-electron chi connectivity index (χ4n) is 0.828. The lowest BCUT2D eigenvalue weighted by Gasteiger charge is -2.20. The van der Waals surface area contributed by atoms with Crippen molar-refractivity contribution in [3.63, 3.8) is 0 Å². The van der Waals surface area contributed by atoms with Crippen LogP contribution in [0.5, 0.6) is 0 Å². The number of methoxy groups -OCH3 is 1. The first kappa shape index (κ1) is 12.1. The molecule has 0 aliphatic carbocycles. The smallest absolute Gasteiger partial charge is 0.338 e. The first-order chi connectivity index (χ1) is 6.04. The molecule has 0 aromatic rings. The Balaban J connectivity index is 3.75. The van der Waals surface area contributed by atoms with Crippen LogP contribution in [0.25, 0.3) is 0 Å². The summed E-state index contributed by atoms with van der Waals surface area (Å²) in [6.45, 7) is 5.85. The number of carbonyl (C=O) groups excluding carboxylic acids is 1. The van der Waals surface area contributed by atoms with Crippen molar-refractivity contribution < 1.29 is 14.6 Å². The summed E-state index contributed by atoms with van der Waals surface area (Å²) in [5, 5.41) is 12.4. The van der Waals surface area contributed by atoms with Crippen molar-refractivity contribution in [3.05, 3.63) is 12.7 Å². The number of rotatable bonds is 6. The van der Waals surface area contributed by atoms with Crippen molar-refractivity contribution in [2.45, 2.75) is 18.9 Å². The summed E-state index contributed by atoms with van der Waals surface area (Å²) in [5.41, 5.74) is -1.45. The van der Waals surface area contributed by atoms with Crippen molar-refractivity contribution in [3.8, 4) is 0 Å². The predicted octanol–water partition coefficient (Wildman–Crippen LogP) is 0.0761. The van der Waals surface area contributed by atoms with E-state index in [4.69, 9.17) is 0 Å². The second-order valence-electron chi connectivity index (χ2n) is 3.02. The topological polar surface area (TPSA) is 58.6 Å². The molecule has 0 rings (SSSR count). The summed E-state index contributed by atoms with van der Waals surface area (Å²) >= 11 is 0. The third-order valence-electron chi connectivity index (χ3n) is 1.62. The van der Waals surface area contributed by atoms with Crippen LogP contribution in [0.3, 0.4) is 0 Å². The van der Waals surface area contributed by atoms with E-state index in [9.17, 15) is 9.90 Å². The van der Waals surface area contributed by atoms with Crippen LogP contribution in [0.4, 0.5) is 0 Å². The summed E-state index contributed by atoms with van der Waals surface area (Å²) in [6.07, 6.45) is 2.57. The summed E-state index contributed by atoms with van der Waals surface area (Å²) in [4.78, 5) is 11.0. The van der Waals surface area contributed by atoms with Crippen molar-refractivity contribution >= 4 is 5.97 Å². The highest BCUT2D eigenvalue weighted by Crippen LogP contribution is 2.03. The van der Waals surface area contributed by atoms with E-state index in [0.29, 0.717) is 6.54 Å². The van der Waals surface area contributed by atoms with Crippen LogP contribution < -0.4 is 5.32 Å². The molecule has 13 heavy (non-hydrogen) atoms.